The first-order valence-corrected chi connectivity index (χ1v) is 9.43. The molecule has 0 aliphatic heterocycles. The molecule has 3 aromatic carbocycles. The van der Waals surface area contributed by atoms with Crippen molar-refractivity contribution in [2.45, 2.75) is 5.41 Å². The summed E-state index contributed by atoms with van der Waals surface area (Å²) < 4.78 is 28.0. The van der Waals surface area contributed by atoms with E-state index < -0.39 is 34.4 Å². The van der Waals surface area contributed by atoms with Crippen LogP contribution < -0.4 is 0 Å². The zero-order valence-corrected chi connectivity index (χ0v) is 16.0. The normalized spacial score (nSPS) is 19.1. The lowest BCUT2D eigenvalue weighted by atomic mass is 9.71. The zero-order chi connectivity index (χ0) is 21.2. The number of allylic oxidation sites excluding steroid dienone is 1. The summed E-state index contributed by atoms with van der Waals surface area (Å²) >= 11 is 5.90. The number of benzene rings is 3. The standard InChI is InChI=1S/C24H11ClF2O3/c25-14-4-1-12(2-5-14)21(28)20-9-13-3-6-16(27)11-19(13)24(20)22(29)17-8-7-15(26)10-18(17)23(24)30/h1-11H/t24-/m1/s1. The minimum absolute atomic E-state index is 0.00770. The number of fused-ring (bicyclic) bond motifs is 3. The number of Topliss-reactive ketones (excluding diaryl/α,β-unsaturated/α-hetero) is 3. The molecule has 3 aromatic rings. The van der Waals surface area contributed by atoms with Crippen molar-refractivity contribution < 1.29 is 23.2 Å². The summed E-state index contributed by atoms with van der Waals surface area (Å²) in [5, 5.41) is 0.419. The third-order valence-corrected chi connectivity index (χ3v) is 5.88. The Morgan fingerprint density at radius 1 is 0.800 bits per heavy atom. The van der Waals surface area contributed by atoms with E-state index in [1.165, 1.54) is 48.5 Å². The molecular weight excluding hydrogens is 410 g/mol. The van der Waals surface area contributed by atoms with Gasteiger partial charge in [0.1, 0.15) is 11.6 Å². The van der Waals surface area contributed by atoms with Crippen LogP contribution in [-0.2, 0) is 5.41 Å². The van der Waals surface area contributed by atoms with Crippen molar-refractivity contribution in [3.05, 3.63) is 111 Å². The molecule has 2 aliphatic rings. The molecule has 0 saturated heterocycles. The van der Waals surface area contributed by atoms with E-state index in [1.807, 2.05) is 0 Å². The first-order valence-electron chi connectivity index (χ1n) is 9.05. The van der Waals surface area contributed by atoms with Gasteiger partial charge in [0.05, 0.1) is 0 Å². The molecule has 6 heteroatoms. The zero-order valence-electron chi connectivity index (χ0n) is 15.2. The first-order chi connectivity index (χ1) is 14.3. The number of carbonyl (C=O) groups excluding carboxylic acids is 3. The van der Waals surface area contributed by atoms with Crippen molar-refractivity contribution in [1.29, 1.82) is 0 Å². The second-order valence-electron chi connectivity index (χ2n) is 7.22. The molecule has 5 rings (SSSR count). The molecule has 0 bridgehead atoms. The van der Waals surface area contributed by atoms with E-state index in [9.17, 15) is 23.2 Å². The molecule has 30 heavy (non-hydrogen) atoms. The quantitative estimate of drug-likeness (QED) is 0.422. The lowest BCUT2D eigenvalue weighted by molar-refractivity contribution is 0.0803. The highest BCUT2D eigenvalue weighted by atomic mass is 35.5. The van der Waals surface area contributed by atoms with Gasteiger partial charge in [0, 0.05) is 27.3 Å². The van der Waals surface area contributed by atoms with Crippen LogP contribution in [-0.4, -0.2) is 17.3 Å². The van der Waals surface area contributed by atoms with E-state index in [0.717, 1.165) is 18.2 Å². The fourth-order valence-electron chi connectivity index (χ4n) is 4.28. The summed E-state index contributed by atoms with van der Waals surface area (Å²) in [6.45, 7) is 0. The van der Waals surface area contributed by atoms with Crippen molar-refractivity contribution in [2.75, 3.05) is 0 Å². The van der Waals surface area contributed by atoms with Crippen molar-refractivity contribution in [1.82, 2.24) is 0 Å². The van der Waals surface area contributed by atoms with Crippen molar-refractivity contribution in [2.24, 2.45) is 0 Å². The van der Waals surface area contributed by atoms with Crippen LogP contribution in [0.1, 0.15) is 42.2 Å². The molecule has 0 amide bonds. The van der Waals surface area contributed by atoms with Gasteiger partial charge in [-0.25, -0.2) is 8.78 Å². The van der Waals surface area contributed by atoms with Gasteiger partial charge in [0.2, 0.25) is 0 Å². The number of hydrogen-bond acceptors (Lipinski definition) is 3. The summed E-state index contributed by atoms with van der Waals surface area (Å²) in [6.07, 6.45) is 1.43. The number of rotatable bonds is 2. The van der Waals surface area contributed by atoms with Gasteiger partial charge in [-0.3, -0.25) is 14.4 Å². The maximum Gasteiger partial charge on any atom is 0.190 e. The van der Waals surface area contributed by atoms with E-state index in [2.05, 4.69) is 0 Å². The Morgan fingerprint density at radius 2 is 1.43 bits per heavy atom. The average molecular weight is 421 g/mol. The van der Waals surface area contributed by atoms with E-state index in [-0.39, 0.29) is 27.8 Å². The van der Waals surface area contributed by atoms with Crippen LogP contribution in [0.15, 0.2) is 66.2 Å². The molecular formula is C24H11ClF2O3. The van der Waals surface area contributed by atoms with E-state index >= 15 is 0 Å². The van der Waals surface area contributed by atoms with Crippen LogP contribution in [0.2, 0.25) is 5.02 Å². The minimum Gasteiger partial charge on any atom is -0.292 e. The van der Waals surface area contributed by atoms with E-state index in [1.54, 1.807) is 0 Å². The second-order valence-corrected chi connectivity index (χ2v) is 7.66. The predicted molar refractivity (Wildman–Crippen MR) is 107 cm³/mol. The second kappa shape index (κ2) is 6.28. The van der Waals surface area contributed by atoms with Gasteiger partial charge in [-0.05, 0) is 71.8 Å². The first kappa shape index (κ1) is 18.6. The van der Waals surface area contributed by atoms with Gasteiger partial charge in [0.25, 0.3) is 0 Å². The molecule has 1 atom stereocenters. The summed E-state index contributed by atoms with van der Waals surface area (Å²) in [6, 6.07) is 13.0. The van der Waals surface area contributed by atoms with Gasteiger partial charge in [-0.1, -0.05) is 17.7 Å². The Labute approximate surface area is 174 Å². The molecule has 2 aliphatic carbocycles. The van der Waals surface area contributed by atoms with Crippen molar-refractivity contribution in [3.63, 3.8) is 0 Å². The largest absolute Gasteiger partial charge is 0.292 e. The van der Waals surface area contributed by atoms with Gasteiger partial charge in [0.15, 0.2) is 22.8 Å². The smallest absolute Gasteiger partial charge is 0.190 e. The van der Waals surface area contributed by atoms with Gasteiger partial charge >= 0.3 is 0 Å². The molecule has 3 nitrogen and oxygen atoms in total. The molecule has 0 aromatic heterocycles. The minimum atomic E-state index is -2.04. The maximum atomic E-state index is 14.1. The van der Waals surface area contributed by atoms with Crippen LogP contribution >= 0.6 is 11.6 Å². The van der Waals surface area contributed by atoms with Gasteiger partial charge in [-0.2, -0.15) is 0 Å². The van der Waals surface area contributed by atoms with Crippen LogP contribution in [0, 0.1) is 11.6 Å². The number of hydrogen-bond donors (Lipinski definition) is 0. The average Bonchev–Trinajstić information content (AvgIpc) is 3.17. The van der Waals surface area contributed by atoms with Crippen molar-refractivity contribution in [3.8, 4) is 0 Å². The fraction of sp³-hybridized carbons (Fsp3) is 0.0417. The third-order valence-electron chi connectivity index (χ3n) is 5.63. The SMILES string of the molecule is O=C(C1=Cc2ccc(F)cc2[C@]12C(=O)c1ccc(F)cc1C2=O)c1ccc(Cl)cc1. The topological polar surface area (TPSA) is 51.2 Å². The summed E-state index contributed by atoms with van der Waals surface area (Å²) in [5.74, 6) is -3.29. The maximum absolute atomic E-state index is 14.1. The molecule has 0 fully saturated rings. The summed E-state index contributed by atoms with van der Waals surface area (Å²) in [5.41, 5.74) is -1.53. The lowest BCUT2D eigenvalue weighted by Gasteiger charge is -2.25. The summed E-state index contributed by atoms with van der Waals surface area (Å²) in [7, 11) is 0. The van der Waals surface area contributed by atoms with Crippen LogP contribution in [0.4, 0.5) is 8.78 Å². The number of halogens is 3. The van der Waals surface area contributed by atoms with E-state index in [0.29, 0.717) is 10.6 Å². The Bertz CT molecular complexity index is 1320. The highest BCUT2D eigenvalue weighted by Crippen LogP contribution is 2.51. The molecule has 0 radical (unpaired) electrons. The molecule has 1 spiro atoms. The molecule has 0 heterocycles. The van der Waals surface area contributed by atoms with Crippen LogP contribution in [0.25, 0.3) is 6.08 Å². The number of ketones is 3. The molecule has 0 unspecified atom stereocenters. The van der Waals surface area contributed by atoms with Gasteiger partial charge in [-0.15, -0.1) is 0 Å². The Morgan fingerprint density at radius 3 is 2.17 bits per heavy atom. The summed E-state index contributed by atoms with van der Waals surface area (Å²) in [4.78, 5) is 40.5. The Hall–Kier alpha value is -3.44. The van der Waals surface area contributed by atoms with Crippen LogP contribution in [0.3, 0.4) is 0 Å². The lowest BCUT2D eigenvalue weighted by Crippen LogP contribution is -2.41. The monoisotopic (exact) mass is 420 g/mol. The third kappa shape index (κ3) is 2.33. The number of carbonyl (C=O) groups is 3. The predicted octanol–water partition coefficient (Wildman–Crippen LogP) is 5.22. The highest BCUT2D eigenvalue weighted by Gasteiger charge is 2.61. The van der Waals surface area contributed by atoms with Gasteiger partial charge < -0.3 is 0 Å². The molecule has 146 valence electrons. The van der Waals surface area contributed by atoms with Crippen molar-refractivity contribution >= 4 is 35.0 Å². The van der Waals surface area contributed by atoms with E-state index in [4.69, 9.17) is 11.6 Å². The molecule has 0 saturated carbocycles. The highest BCUT2D eigenvalue weighted by molar-refractivity contribution is 6.41. The Kier molecular flexibility index (Phi) is 3.89. The Balaban J connectivity index is 1.78. The molecule has 0 N–H and O–H groups in total. The fourth-order valence-corrected chi connectivity index (χ4v) is 4.41. The van der Waals surface area contributed by atoms with Crippen LogP contribution in [0.5, 0.6) is 0 Å².